The molecule has 0 saturated carbocycles. The van der Waals surface area contributed by atoms with Crippen LogP contribution in [0.1, 0.15) is 50.8 Å². The number of amides is 2. The van der Waals surface area contributed by atoms with Crippen LogP contribution < -0.4 is 35.6 Å². The molecule has 0 bridgehead atoms. The van der Waals surface area contributed by atoms with Crippen LogP contribution in [-0.2, 0) is 20.7 Å². The van der Waals surface area contributed by atoms with Crippen LogP contribution in [0.15, 0.2) is 29.1 Å². The highest BCUT2D eigenvalue weighted by Crippen LogP contribution is 2.50. The molecule has 3 rings (SSSR count). The first kappa shape index (κ1) is 30.7. The number of rotatable bonds is 12. The summed E-state index contributed by atoms with van der Waals surface area (Å²) in [6, 6.07) is 5.92. The van der Waals surface area contributed by atoms with Crippen molar-refractivity contribution in [1.29, 1.82) is 0 Å². The summed E-state index contributed by atoms with van der Waals surface area (Å²) in [6.07, 6.45) is 1.89. The number of methoxy groups -OCH3 is 4. The van der Waals surface area contributed by atoms with Crippen LogP contribution in [0.2, 0.25) is 0 Å². The lowest BCUT2D eigenvalue weighted by Gasteiger charge is -2.24. The molecular weight excluding hydrogens is 514 g/mol. The number of anilines is 1. The third kappa shape index (κ3) is 6.67. The highest BCUT2D eigenvalue weighted by molar-refractivity contribution is 5.86. The molecule has 1 aliphatic carbocycles. The van der Waals surface area contributed by atoms with Crippen molar-refractivity contribution in [3.8, 4) is 28.4 Å². The van der Waals surface area contributed by atoms with Crippen LogP contribution in [0, 0.1) is 5.92 Å². The Morgan fingerprint density at radius 2 is 1.77 bits per heavy atom. The molecule has 3 N–H and O–H groups in total. The first-order valence-corrected chi connectivity index (χ1v) is 13.5. The SMILES string of the molecule is CC[C@@H](C)[C@H](Nc1ccc2c(cc1=O)[C@@H](NC(C)=O)CCc1cc(OC)c(OC)c(OC)c1-2)C(=O)NCCOC. The van der Waals surface area contributed by atoms with Gasteiger partial charge in [-0.05, 0) is 53.6 Å². The van der Waals surface area contributed by atoms with Gasteiger partial charge < -0.3 is 34.9 Å². The first-order chi connectivity index (χ1) is 19.2. The molecule has 0 saturated heterocycles. The monoisotopic (exact) mass is 555 g/mol. The minimum Gasteiger partial charge on any atom is -0.493 e. The van der Waals surface area contributed by atoms with Crippen LogP contribution in [-0.4, -0.2) is 59.4 Å². The molecule has 0 heterocycles. The number of ether oxygens (including phenoxy) is 4. The normalized spacial score (nSPS) is 15.4. The fourth-order valence-corrected chi connectivity index (χ4v) is 5.08. The summed E-state index contributed by atoms with van der Waals surface area (Å²) in [6.45, 7) is 6.17. The Kier molecular flexibility index (Phi) is 10.8. The van der Waals surface area contributed by atoms with E-state index in [1.165, 1.54) is 6.92 Å². The molecule has 0 aromatic heterocycles. The zero-order chi connectivity index (χ0) is 29.4. The van der Waals surface area contributed by atoms with Gasteiger partial charge in [0.15, 0.2) is 11.5 Å². The number of benzene rings is 1. The van der Waals surface area contributed by atoms with Gasteiger partial charge in [-0.15, -0.1) is 0 Å². The predicted molar refractivity (Wildman–Crippen MR) is 154 cm³/mol. The Balaban J connectivity index is 2.22. The van der Waals surface area contributed by atoms with Gasteiger partial charge in [0.2, 0.25) is 23.0 Å². The van der Waals surface area contributed by atoms with Crippen LogP contribution in [0.3, 0.4) is 0 Å². The third-order valence-electron chi connectivity index (χ3n) is 7.33. The van der Waals surface area contributed by atoms with E-state index in [1.807, 2.05) is 26.0 Å². The zero-order valence-corrected chi connectivity index (χ0v) is 24.4. The average Bonchev–Trinajstić information content (AvgIpc) is 3.18. The van der Waals surface area contributed by atoms with Gasteiger partial charge in [-0.1, -0.05) is 26.3 Å². The molecule has 0 fully saturated rings. The third-order valence-corrected chi connectivity index (χ3v) is 7.33. The van der Waals surface area contributed by atoms with E-state index < -0.39 is 12.1 Å². The summed E-state index contributed by atoms with van der Waals surface area (Å²) < 4.78 is 22.1. The molecule has 0 spiro atoms. The van der Waals surface area contributed by atoms with Gasteiger partial charge in [-0.25, -0.2) is 0 Å². The number of carbonyl (C=O) groups excluding carboxylic acids is 2. The molecule has 2 aromatic carbocycles. The van der Waals surface area contributed by atoms with Crippen LogP contribution >= 0.6 is 0 Å². The Hall–Kier alpha value is -3.79. The number of nitrogens with one attached hydrogen (secondary N) is 3. The van der Waals surface area contributed by atoms with Crippen molar-refractivity contribution >= 4 is 17.5 Å². The minimum atomic E-state index is -0.630. The second kappa shape index (κ2) is 14.0. The molecule has 0 unspecified atom stereocenters. The van der Waals surface area contributed by atoms with Crippen molar-refractivity contribution in [2.24, 2.45) is 5.92 Å². The standard InChI is InChI=1S/C30H41N3O7/c1-8-17(2)27(30(36)31-13-14-37-4)33-23-12-10-20-21(16-24(23)35)22(32-18(3)34)11-9-19-15-25(38-5)28(39-6)29(40-7)26(19)20/h10,12,15-17,22,27H,8-9,11,13-14H2,1-7H3,(H,31,36)(H,32,34)(H,33,35)/t17-,22+,27+/m1/s1. The van der Waals surface area contributed by atoms with Gasteiger partial charge in [0.1, 0.15) is 6.04 Å². The maximum atomic E-state index is 13.7. The Morgan fingerprint density at radius 1 is 1.05 bits per heavy atom. The summed E-state index contributed by atoms with van der Waals surface area (Å²) in [7, 11) is 6.23. The molecule has 2 amide bonds. The minimum absolute atomic E-state index is 0.0463. The average molecular weight is 556 g/mol. The van der Waals surface area contributed by atoms with Gasteiger partial charge in [-0.2, -0.15) is 0 Å². The lowest BCUT2D eigenvalue weighted by molar-refractivity contribution is -0.123. The smallest absolute Gasteiger partial charge is 0.242 e. The first-order valence-electron chi connectivity index (χ1n) is 13.5. The fraction of sp³-hybridized carbons (Fsp3) is 0.500. The maximum Gasteiger partial charge on any atom is 0.242 e. The van der Waals surface area contributed by atoms with Crippen molar-refractivity contribution < 1.29 is 28.5 Å². The van der Waals surface area contributed by atoms with Gasteiger partial charge in [0.05, 0.1) is 39.7 Å². The lowest BCUT2D eigenvalue weighted by atomic mass is 9.95. The molecular formula is C30H41N3O7. The number of hydrogen-bond acceptors (Lipinski definition) is 8. The molecule has 3 atom stereocenters. The molecule has 218 valence electrons. The van der Waals surface area contributed by atoms with E-state index in [0.29, 0.717) is 48.8 Å². The van der Waals surface area contributed by atoms with E-state index >= 15 is 0 Å². The number of aryl methyl sites for hydroxylation is 1. The summed E-state index contributed by atoms with van der Waals surface area (Å²) in [5.41, 5.74) is 3.06. The Labute approximate surface area is 235 Å². The van der Waals surface area contributed by atoms with Crippen LogP contribution in [0.4, 0.5) is 5.69 Å². The largest absolute Gasteiger partial charge is 0.493 e. The summed E-state index contributed by atoms with van der Waals surface area (Å²) >= 11 is 0. The molecule has 0 radical (unpaired) electrons. The topological polar surface area (TPSA) is 124 Å². The van der Waals surface area contributed by atoms with Crippen LogP contribution in [0.5, 0.6) is 17.2 Å². The van der Waals surface area contributed by atoms with Gasteiger partial charge in [0.25, 0.3) is 0 Å². The van der Waals surface area contributed by atoms with Crippen molar-refractivity contribution in [2.75, 3.05) is 46.9 Å². The molecule has 2 aromatic rings. The molecule has 10 nitrogen and oxygen atoms in total. The number of hydrogen-bond donors (Lipinski definition) is 3. The highest BCUT2D eigenvalue weighted by Gasteiger charge is 2.30. The second-order valence-electron chi connectivity index (χ2n) is 9.89. The van der Waals surface area contributed by atoms with E-state index in [2.05, 4.69) is 16.0 Å². The molecule has 10 heteroatoms. The van der Waals surface area contributed by atoms with Gasteiger partial charge >= 0.3 is 0 Å². The van der Waals surface area contributed by atoms with E-state index in [0.717, 1.165) is 23.1 Å². The number of carbonyl (C=O) groups is 2. The van der Waals surface area contributed by atoms with E-state index in [-0.39, 0.29) is 28.8 Å². The van der Waals surface area contributed by atoms with Gasteiger partial charge in [-0.3, -0.25) is 14.4 Å². The zero-order valence-electron chi connectivity index (χ0n) is 24.4. The lowest BCUT2D eigenvalue weighted by Crippen LogP contribution is -2.45. The maximum absolute atomic E-state index is 13.7. The van der Waals surface area contributed by atoms with Crippen LogP contribution in [0.25, 0.3) is 11.1 Å². The molecule has 1 aliphatic rings. The van der Waals surface area contributed by atoms with Gasteiger partial charge in [0, 0.05) is 26.1 Å². The van der Waals surface area contributed by atoms with Crippen molar-refractivity contribution in [3.63, 3.8) is 0 Å². The second-order valence-corrected chi connectivity index (χ2v) is 9.89. The van der Waals surface area contributed by atoms with E-state index in [9.17, 15) is 14.4 Å². The highest BCUT2D eigenvalue weighted by atomic mass is 16.5. The Morgan fingerprint density at radius 3 is 2.38 bits per heavy atom. The van der Waals surface area contributed by atoms with Crippen molar-refractivity contribution in [2.45, 2.75) is 52.1 Å². The summed E-state index contributed by atoms with van der Waals surface area (Å²) in [5, 5.41) is 9.08. The number of fused-ring (bicyclic) bond motifs is 3. The fourth-order valence-electron chi connectivity index (χ4n) is 5.08. The summed E-state index contributed by atoms with van der Waals surface area (Å²) in [5.74, 6) is 0.981. The predicted octanol–water partition coefficient (Wildman–Crippen LogP) is 3.45. The van der Waals surface area contributed by atoms with Crippen molar-refractivity contribution in [1.82, 2.24) is 10.6 Å². The van der Waals surface area contributed by atoms with Crippen molar-refractivity contribution in [3.05, 3.63) is 45.6 Å². The summed E-state index contributed by atoms with van der Waals surface area (Å²) in [4.78, 5) is 38.9. The quantitative estimate of drug-likeness (QED) is 0.340. The van der Waals surface area contributed by atoms with E-state index in [1.54, 1.807) is 40.6 Å². The Bertz CT molecular complexity index is 1280. The molecule has 40 heavy (non-hydrogen) atoms. The van der Waals surface area contributed by atoms with E-state index in [4.69, 9.17) is 18.9 Å². The molecule has 0 aliphatic heterocycles.